The molecule has 0 unspecified atom stereocenters. The molecule has 0 radical (unpaired) electrons. The number of hydrogen-bond acceptors (Lipinski definition) is 10. The molecular formula is C39H40N4O8S2. The number of rotatable bonds is 11. The van der Waals surface area contributed by atoms with Crippen LogP contribution in [0.25, 0.3) is 6.08 Å². The third kappa shape index (κ3) is 10.5. The van der Waals surface area contributed by atoms with Gasteiger partial charge in [0.2, 0.25) is 5.91 Å². The van der Waals surface area contributed by atoms with Gasteiger partial charge >= 0.3 is 12.1 Å². The summed E-state index contributed by atoms with van der Waals surface area (Å²) in [5.41, 5.74) is 1.87. The van der Waals surface area contributed by atoms with Gasteiger partial charge in [0, 0.05) is 27.6 Å². The van der Waals surface area contributed by atoms with Crippen LogP contribution in [0.2, 0.25) is 0 Å². The van der Waals surface area contributed by atoms with Gasteiger partial charge in [-0.25, -0.2) is 9.59 Å². The van der Waals surface area contributed by atoms with Crippen LogP contribution in [-0.4, -0.2) is 66.8 Å². The van der Waals surface area contributed by atoms with Gasteiger partial charge in [-0.1, -0.05) is 36.4 Å². The fourth-order valence-electron chi connectivity index (χ4n) is 5.31. The molecule has 0 atom stereocenters. The van der Waals surface area contributed by atoms with Gasteiger partial charge in [-0.2, -0.15) is 0 Å². The zero-order chi connectivity index (χ0) is 38.1. The van der Waals surface area contributed by atoms with Gasteiger partial charge in [0.05, 0.1) is 32.1 Å². The summed E-state index contributed by atoms with van der Waals surface area (Å²) in [6.45, 7) is 5.99. The van der Waals surface area contributed by atoms with Crippen LogP contribution in [0.1, 0.15) is 57.5 Å². The van der Waals surface area contributed by atoms with E-state index in [9.17, 15) is 24.0 Å². The topological polar surface area (TPSA) is 152 Å². The van der Waals surface area contributed by atoms with Gasteiger partial charge in [-0.05, 0) is 86.9 Å². The number of hydrogen-bond donors (Lipinski definition) is 3. The summed E-state index contributed by atoms with van der Waals surface area (Å²) in [4.78, 5) is 68.4. The monoisotopic (exact) mass is 756 g/mol. The highest BCUT2D eigenvalue weighted by Crippen LogP contribution is 2.38. The van der Waals surface area contributed by atoms with E-state index in [2.05, 4.69) is 16.0 Å². The first-order valence-corrected chi connectivity index (χ1v) is 18.4. The van der Waals surface area contributed by atoms with Crippen molar-refractivity contribution in [3.63, 3.8) is 0 Å². The molecule has 1 aromatic heterocycles. The number of thioether (sulfide) groups is 1. The van der Waals surface area contributed by atoms with Crippen molar-refractivity contribution in [2.75, 3.05) is 37.2 Å². The van der Waals surface area contributed by atoms with Crippen LogP contribution in [0.15, 0.2) is 89.5 Å². The highest BCUT2D eigenvalue weighted by atomic mass is 32.2. The number of nitrogens with zero attached hydrogens (tertiary/aromatic N) is 1. The van der Waals surface area contributed by atoms with Crippen molar-refractivity contribution in [2.45, 2.75) is 44.2 Å². The predicted molar refractivity (Wildman–Crippen MR) is 205 cm³/mol. The van der Waals surface area contributed by atoms with E-state index in [1.165, 1.54) is 30.2 Å². The van der Waals surface area contributed by atoms with Gasteiger partial charge < -0.3 is 35.1 Å². The molecule has 0 bridgehead atoms. The van der Waals surface area contributed by atoms with Crippen LogP contribution >= 0.6 is 23.1 Å². The Balaban J connectivity index is 1.26. The number of fused-ring (bicyclic) bond motifs is 1. The van der Waals surface area contributed by atoms with Gasteiger partial charge in [0.15, 0.2) is 0 Å². The Morgan fingerprint density at radius 2 is 1.68 bits per heavy atom. The van der Waals surface area contributed by atoms with E-state index in [1.807, 2.05) is 0 Å². The minimum absolute atomic E-state index is 0.00125. The number of carbonyl (C=O) groups is 5. The van der Waals surface area contributed by atoms with E-state index in [-0.39, 0.29) is 29.5 Å². The maximum atomic E-state index is 13.6. The summed E-state index contributed by atoms with van der Waals surface area (Å²) < 4.78 is 15.9. The molecule has 0 saturated heterocycles. The number of thiophene rings is 1. The van der Waals surface area contributed by atoms with E-state index in [4.69, 9.17) is 14.2 Å². The van der Waals surface area contributed by atoms with Crippen LogP contribution in [0.5, 0.6) is 5.75 Å². The SMILES string of the molecule is COC(=O)c1c(NC(=O)CSc2cccc(NC(=O)/C(=C/c3cccc(OC)c3)NC(=O)c3ccccc3)c2)sc2c1CCN(C(=O)OC(C)(C)C)C2. The lowest BCUT2D eigenvalue weighted by atomic mass is 10.0. The van der Waals surface area contributed by atoms with Gasteiger partial charge in [0.1, 0.15) is 22.0 Å². The molecule has 3 N–H and O–H groups in total. The number of methoxy groups -OCH3 is 2. The first-order chi connectivity index (χ1) is 25.3. The Kier molecular flexibility index (Phi) is 12.6. The molecule has 0 aliphatic carbocycles. The van der Waals surface area contributed by atoms with Crippen molar-refractivity contribution < 1.29 is 38.2 Å². The largest absolute Gasteiger partial charge is 0.497 e. The number of esters is 1. The lowest BCUT2D eigenvalue weighted by Crippen LogP contribution is -2.39. The molecule has 2 heterocycles. The fraction of sp³-hybridized carbons (Fsp3) is 0.256. The molecule has 14 heteroatoms. The second kappa shape index (κ2) is 17.3. The van der Waals surface area contributed by atoms with Crippen molar-refractivity contribution in [3.05, 3.63) is 112 Å². The zero-order valence-corrected chi connectivity index (χ0v) is 31.6. The van der Waals surface area contributed by atoms with E-state index >= 15 is 0 Å². The van der Waals surface area contributed by atoms with Crippen molar-refractivity contribution in [1.82, 2.24) is 10.2 Å². The molecule has 4 amide bonds. The Bertz CT molecular complexity index is 2040. The molecule has 0 spiro atoms. The summed E-state index contributed by atoms with van der Waals surface area (Å²) >= 11 is 2.46. The van der Waals surface area contributed by atoms with Gasteiger partial charge in [-0.15, -0.1) is 23.1 Å². The quantitative estimate of drug-likeness (QED) is 0.0837. The molecule has 1 aliphatic rings. The maximum Gasteiger partial charge on any atom is 0.410 e. The Labute approximate surface area is 315 Å². The number of nitrogens with one attached hydrogen (secondary N) is 3. The maximum absolute atomic E-state index is 13.6. The second-order valence-corrected chi connectivity index (χ2v) is 15.0. The molecule has 5 rings (SSSR count). The predicted octanol–water partition coefficient (Wildman–Crippen LogP) is 6.98. The fourth-order valence-corrected chi connectivity index (χ4v) is 7.33. The molecule has 4 aromatic rings. The van der Waals surface area contributed by atoms with Crippen molar-refractivity contribution in [1.29, 1.82) is 0 Å². The van der Waals surface area contributed by atoms with Crippen LogP contribution in [-0.2, 0) is 32.0 Å². The molecule has 53 heavy (non-hydrogen) atoms. The number of ether oxygens (including phenoxy) is 3. The minimum Gasteiger partial charge on any atom is -0.497 e. The number of anilines is 2. The summed E-state index contributed by atoms with van der Waals surface area (Å²) in [6, 6.07) is 22.6. The minimum atomic E-state index is -0.649. The highest BCUT2D eigenvalue weighted by Gasteiger charge is 2.32. The normalized spacial score (nSPS) is 12.6. The average molecular weight is 757 g/mol. The van der Waals surface area contributed by atoms with Crippen molar-refractivity contribution >= 4 is 69.6 Å². The van der Waals surface area contributed by atoms with Crippen LogP contribution in [0, 0.1) is 0 Å². The molecule has 0 saturated carbocycles. The number of amides is 4. The molecule has 1 aliphatic heterocycles. The van der Waals surface area contributed by atoms with Crippen molar-refractivity contribution in [3.8, 4) is 5.75 Å². The first-order valence-electron chi connectivity index (χ1n) is 16.6. The lowest BCUT2D eigenvalue weighted by Gasteiger charge is -2.30. The smallest absolute Gasteiger partial charge is 0.410 e. The van der Waals surface area contributed by atoms with E-state index < -0.39 is 29.5 Å². The van der Waals surface area contributed by atoms with Gasteiger partial charge in [0.25, 0.3) is 11.8 Å². The van der Waals surface area contributed by atoms with Crippen LogP contribution in [0.3, 0.4) is 0 Å². The van der Waals surface area contributed by atoms with E-state index in [0.29, 0.717) is 45.4 Å². The average Bonchev–Trinajstić information content (AvgIpc) is 3.50. The van der Waals surface area contributed by atoms with Gasteiger partial charge in [-0.3, -0.25) is 14.4 Å². The van der Waals surface area contributed by atoms with Crippen molar-refractivity contribution in [2.24, 2.45) is 0 Å². The number of carbonyl (C=O) groups excluding carboxylic acids is 5. The second-order valence-electron chi connectivity index (χ2n) is 12.8. The molecule has 0 fully saturated rings. The Hall–Kier alpha value is -5.60. The summed E-state index contributed by atoms with van der Waals surface area (Å²) in [7, 11) is 2.82. The first kappa shape index (κ1) is 38.6. The highest BCUT2D eigenvalue weighted by molar-refractivity contribution is 8.00. The third-order valence-corrected chi connectivity index (χ3v) is 9.87. The van der Waals surface area contributed by atoms with E-state index in [1.54, 1.807) is 118 Å². The molecule has 276 valence electrons. The number of benzene rings is 3. The standard InChI is InChI=1S/C39H40N4O8S2/c1-39(2,3)51-38(48)43-18-17-29-31(22-43)53-36(33(29)37(47)50-5)42-32(44)23-52-28-16-10-14-26(21-28)40-35(46)30(20-24-11-9-15-27(19-24)49-4)41-34(45)25-12-7-6-8-13-25/h6-16,19-21H,17-18,22-23H2,1-5H3,(H,40,46)(H,41,45)(H,42,44)/b30-20-. The molecular weight excluding hydrogens is 717 g/mol. The zero-order valence-electron chi connectivity index (χ0n) is 29.9. The molecule has 3 aromatic carbocycles. The van der Waals surface area contributed by atoms with E-state index in [0.717, 1.165) is 10.4 Å². The lowest BCUT2D eigenvalue weighted by molar-refractivity contribution is -0.114. The third-order valence-electron chi connectivity index (χ3n) is 7.75. The summed E-state index contributed by atoms with van der Waals surface area (Å²) in [6.07, 6.45) is 1.52. The summed E-state index contributed by atoms with van der Waals surface area (Å²) in [5, 5.41) is 8.77. The Morgan fingerprint density at radius 3 is 2.40 bits per heavy atom. The van der Waals surface area contributed by atoms with Crippen LogP contribution in [0.4, 0.5) is 15.5 Å². The summed E-state index contributed by atoms with van der Waals surface area (Å²) in [5.74, 6) is -1.35. The molecule has 12 nitrogen and oxygen atoms in total. The Morgan fingerprint density at radius 1 is 0.925 bits per heavy atom. The van der Waals surface area contributed by atoms with Crippen LogP contribution < -0.4 is 20.7 Å².